The normalized spacial score (nSPS) is 12.2. The van der Waals surface area contributed by atoms with E-state index in [0.29, 0.717) is 5.56 Å². The summed E-state index contributed by atoms with van der Waals surface area (Å²) in [6.45, 7) is 0. The van der Waals surface area contributed by atoms with Crippen LogP contribution in [-0.4, -0.2) is 8.42 Å². The topological polar surface area (TPSA) is 70.0 Å². The Kier molecular flexibility index (Phi) is 5.45. The average molecular weight is 401 g/mol. The fraction of sp³-hybridized carbons (Fsp3) is 0.0500. The van der Waals surface area contributed by atoms with Crippen LogP contribution in [0.4, 0.5) is 10.1 Å². The highest BCUT2D eigenvalue weighted by Gasteiger charge is 2.19. The Morgan fingerprint density at radius 1 is 1.00 bits per heavy atom. The molecular formula is C20H14ClFN2O2S. The molecule has 1 N–H and O–H groups in total. The van der Waals surface area contributed by atoms with Gasteiger partial charge in [-0.3, -0.25) is 4.72 Å². The molecule has 3 aromatic rings. The average Bonchev–Trinajstić information content (AvgIpc) is 2.65. The van der Waals surface area contributed by atoms with Crippen LogP contribution in [0, 0.1) is 17.1 Å². The second kappa shape index (κ2) is 7.78. The minimum Gasteiger partial charge on any atom is -0.280 e. The molecule has 0 heterocycles. The second-order valence-corrected chi connectivity index (χ2v) is 7.86. The minimum absolute atomic E-state index is 0.0664. The van der Waals surface area contributed by atoms with Crippen LogP contribution in [0.25, 0.3) is 0 Å². The van der Waals surface area contributed by atoms with Crippen molar-refractivity contribution in [2.45, 2.75) is 10.8 Å². The van der Waals surface area contributed by atoms with Gasteiger partial charge in [-0.15, -0.1) is 0 Å². The molecule has 0 saturated heterocycles. The van der Waals surface area contributed by atoms with Crippen LogP contribution in [0.15, 0.2) is 77.7 Å². The van der Waals surface area contributed by atoms with Gasteiger partial charge in [-0.05, 0) is 47.5 Å². The van der Waals surface area contributed by atoms with E-state index in [1.807, 2.05) is 30.3 Å². The highest BCUT2D eigenvalue weighted by molar-refractivity contribution is 7.92. The van der Waals surface area contributed by atoms with Crippen molar-refractivity contribution >= 4 is 27.3 Å². The lowest BCUT2D eigenvalue weighted by atomic mass is 9.92. The summed E-state index contributed by atoms with van der Waals surface area (Å²) in [4.78, 5) is -0.0664. The number of hydrogen-bond acceptors (Lipinski definition) is 3. The van der Waals surface area contributed by atoms with Gasteiger partial charge < -0.3 is 0 Å². The number of nitrogens with one attached hydrogen (secondary N) is 1. The van der Waals surface area contributed by atoms with Crippen LogP contribution < -0.4 is 4.72 Å². The zero-order chi connectivity index (χ0) is 19.4. The molecule has 1 atom stereocenters. The maximum atomic E-state index is 13.0. The molecule has 0 saturated carbocycles. The van der Waals surface area contributed by atoms with Gasteiger partial charge in [0.2, 0.25) is 0 Å². The highest BCUT2D eigenvalue weighted by Crippen LogP contribution is 2.32. The van der Waals surface area contributed by atoms with Crippen molar-refractivity contribution in [3.8, 4) is 6.07 Å². The molecule has 0 aliphatic carbocycles. The van der Waals surface area contributed by atoms with E-state index in [-0.39, 0.29) is 15.6 Å². The van der Waals surface area contributed by atoms with Gasteiger partial charge in [-0.2, -0.15) is 5.26 Å². The SMILES string of the molecule is N#C[C@H](c1ccccc1)c1ccc(NS(=O)(=O)c2ccc(F)cc2)cc1Cl. The lowest BCUT2D eigenvalue weighted by Crippen LogP contribution is -2.13. The minimum atomic E-state index is -3.88. The van der Waals surface area contributed by atoms with E-state index < -0.39 is 21.8 Å². The summed E-state index contributed by atoms with van der Waals surface area (Å²) >= 11 is 6.31. The van der Waals surface area contributed by atoms with Gasteiger partial charge in [0.15, 0.2) is 0 Å². The van der Waals surface area contributed by atoms with Crippen molar-refractivity contribution in [1.82, 2.24) is 0 Å². The van der Waals surface area contributed by atoms with E-state index in [4.69, 9.17) is 11.6 Å². The quantitative estimate of drug-likeness (QED) is 0.659. The molecule has 0 radical (unpaired) electrons. The molecule has 0 bridgehead atoms. The third-order valence-electron chi connectivity index (χ3n) is 3.95. The Morgan fingerprint density at radius 2 is 1.67 bits per heavy atom. The largest absolute Gasteiger partial charge is 0.280 e. The summed E-state index contributed by atoms with van der Waals surface area (Å²) in [7, 11) is -3.88. The zero-order valence-corrected chi connectivity index (χ0v) is 15.5. The predicted octanol–water partition coefficient (Wildman–Crippen LogP) is 4.94. The van der Waals surface area contributed by atoms with Crippen molar-refractivity contribution in [3.63, 3.8) is 0 Å². The Bertz CT molecular complexity index is 1100. The summed E-state index contributed by atoms with van der Waals surface area (Å²) in [5, 5.41) is 9.80. The van der Waals surface area contributed by atoms with Crippen LogP contribution in [0.2, 0.25) is 5.02 Å². The van der Waals surface area contributed by atoms with E-state index in [9.17, 15) is 18.1 Å². The Morgan fingerprint density at radius 3 is 2.26 bits per heavy atom. The van der Waals surface area contributed by atoms with Crippen molar-refractivity contribution in [3.05, 3.63) is 94.8 Å². The van der Waals surface area contributed by atoms with E-state index >= 15 is 0 Å². The van der Waals surface area contributed by atoms with Crippen LogP contribution in [0.5, 0.6) is 0 Å². The van der Waals surface area contributed by atoms with E-state index in [1.165, 1.54) is 24.3 Å². The van der Waals surface area contributed by atoms with E-state index in [2.05, 4.69) is 10.8 Å². The van der Waals surface area contributed by atoms with Crippen LogP contribution in [-0.2, 0) is 10.0 Å². The Labute approximate surface area is 161 Å². The standard InChI is InChI=1S/C20H14ClFN2O2S/c21-20-12-16(24-27(25,26)17-9-6-15(22)7-10-17)8-11-18(20)19(13-23)14-4-2-1-3-5-14/h1-12,19,24H/t19-/m1/s1. The van der Waals surface area contributed by atoms with Gasteiger partial charge in [-0.1, -0.05) is 48.0 Å². The zero-order valence-electron chi connectivity index (χ0n) is 13.9. The summed E-state index contributed by atoms with van der Waals surface area (Å²) in [5.74, 6) is -1.09. The van der Waals surface area contributed by atoms with Crippen molar-refractivity contribution in [1.29, 1.82) is 5.26 Å². The summed E-state index contributed by atoms with van der Waals surface area (Å²) in [6, 6.07) is 20.5. The summed E-state index contributed by atoms with van der Waals surface area (Å²) < 4.78 is 40.2. The van der Waals surface area contributed by atoms with Gasteiger partial charge in [0.05, 0.1) is 22.6 Å². The summed E-state index contributed by atoms with van der Waals surface area (Å²) in [5.41, 5.74) is 1.62. The lowest BCUT2D eigenvalue weighted by Gasteiger charge is -2.14. The first kappa shape index (κ1) is 18.9. The van der Waals surface area contributed by atoms with Gasteiger partial charge in [0.1, 0.15) is 5.82 Å². The molecule has 0 aliphatic heterocycles. The smallest absolute Gasteiger partial charge is 0.261 e. The fourth-order valence-electron chi connectivity index (χ4n) is 2.62. The van der Waals surface area contributed by atoms with Gasteiger partial charge >= 0.3 is 0 Å². The molecular weight excluding hydrogens is 387 g/mol. The molecule has 0 spiro atoms. The number of benzene rings is 3. The molecule has 136 valence electrons. The van der Waals surface area contributed by atoms with Crippen molar-refractivity contribution in [2.24, 2.45) is 0 Å². The first-order valence-electron chi connectivity index (χ1n) is 7.93. The Balaban J connectivity index is 1.89. The maximum absolute atomic E-state index is 13.0. The first-order chi connectivity index (χ1) is 12.9. The Hall–Kier alpha value is -2.88. The molecule has 3 rings (SSSR count). The number of sulfonamides is 1. The van der Waals surface area contributed by atoms with Crippen molar-refractivity contribution < 1.29 is 12.8 Å². The monoisotopic (exact) mass is 400 g/mol. The molecule has 0 unspecified atom stereocenters. The van der Waals surface area contributed by atoms with Gasteiger partial charge in [0, 0.05) is 5.02 Å². The van der Waals surface area contributed by atoms with Crippen molar-refractivity contribution in [2.75, 3.05) is 4.72 Å². The third kappa shape index (κ3) is 4.27. The van der Waals surface area contributed by atoms with Gasteiger partial charge in [-0.25, -0.2) is 12.8 Å². The van der Waals surface area contributed by atoms with Gasteiger partial charge in [0.25, 0.3) is 10.0 Å². The number of halogens is 2. The number of anilines is 1. The summed E-state index contributed by atoms with van der Waals surface area (Å²) in [6.07, 6.45) is 0. The highest BCUT2D eigenvalue weighted by atomic mass is 35.5. The molecule has 7 heteroatoms. The number of nitriles is 1. The first-order valence-corrected chi connectivity index (χ1v) is 9.79. The predicted molar refractivity (Wildman–Crippen MR) is 103 cm³/mol. The van der Waals surface area contributed by atoms with Crippen LogP contribution >= 0.6 is 11.6 Å². The lowest BCUT2D eigenvalue weighted by molar-refractivity contribution is 0.599. The number of nitrogens with zero attached hydrogens (tertiary/aromatic N) is 1. The molecule has 4 nitrogen and oxygen atoms in total. The fourth-order valence-corrected chi connectivity index (χ4v) is 3.96. The third-order valence-corrected chi connectivity index (χ3v) is 5.67. The van der Waals surface area contributed by atoms with E-state index in [0.717, 1.165) is 17.7 Å². The molecule has 0 amide bonds. The molecule has 0 aliphatic rings. The number of hydrogen-bond donors (Lipinski definition) is 1. The van der Waals surface area contributed by atoms with Crippen LogP contribution in [0.3, 0.4) is 0 Å². The second-order valence-electron chi connectivity index (χ2n) is 5.77. The molecule has 3 aromatic carbocycles. The number of rotatable bonds is 5. The maximum Gasteiger partial charge on any atom is 0.261 e. The van der Waals surface area contributed by atoms with Crippen LogP contribution in [0.1, 0.15) is 17.0 Å². The van der Waals surface area contributed by atoms with E-state index in [1.54, 1.807) is 6.07 Å². The molecule has 0 fully saturated rings. The molecule has 27 heavy (non-hydrogen) atoms. The molecule has 0 aromatic heterocycles.